The van der Waals surface area contributed by atoms with Gasteiger partial charge in [0.1, 0.15) is 5.75 Å². The lowest BCUT2D eigenvalue weighted by atomic mass is 9.89. The summed E-state index contributed by atoms with van der Waals surface area (Å²) in [6.07, 6.45) is 6.97. The smallest absolute Gasteiger partial charge is 0.299 e. The number of aliphatic hydroxyl groups is 2. The molecule has 4 atom stereocenters. The summed E-state index contributed by atoms with van der Waals surface area (Å²) >= 11 is 1.76. The third-order valence-electron chi connectivity index (χ3n) is 4.97. The minimum absolute atomic E-state index is 0.118. The summed E-state index contributed by atoms with van der Waals surface area (Å²) < 4.78 is 33.6. The first-order valence-corrected chi connectivity index (χ1v) is 10.8. The fraction of sp³-hybridized carbons (Fsp3) is 0.500. The molecule has 1 aliphatic rings. The summed E-state index contributed by atoms with van der Waals surface area (Å²) in [5.41, 5.74) is 0. The van der Waals surface area contributed by atoms with Gasteiger partial charge in [-0.3, -0.25) is 4.79 Å². The zero-order valence-electron chi connectivity index (χ0n) is 16.1. The van der Waals surface area contributed by atoms with Gasteiger partial charge in [0, 0.05) is 18.8 Å². The molecule has 0 heterocycles. The van der Waals surface area contributed by atoms with Gasteiger partial charge in [0.05, 0.1) is 12.2 Å². The Bertz CT molecular complexity index is 693. The maximum atomic E-state index is 14.2. The van der Waals surface area contributed by atoms with Crippen LogP contribution in [0.3, 0.4) is 0 Å². The van der Waals surface area contributed by atoms with Crippen LogP contribution in [0, 0.1) is 11.8 Å². The molecular weight excluding hydrogens is 493 g/mol. The van der Waals surface area contributed by atoms with Crippen molar-refractivity contribution in [3.63, 3.8) is 0 Å². The molecule has 160 valence electrons. The zero-order chi connectivity index (χ0) is 21.3. The Morgan fingerprint density at radius 3 is 2.62 bits per heavy atom. The van der Waals surface area contributed by atoms with Crippen molar-refractivity contribution in [2.45, 2.75) is 50.2 Å². The number of halogens is 3. The van der Waals surface area contributed by atoms with Crippen LogP contribution in [0.2, 0.25) is 0 Å². The van der Waals surface area contributed by atoms with E-state index >= 15 is 0 Å². The number of carbonyl (C=O) groups is 1. The van der Waals surface area contributed by atoms with Gasteiger partial charge < -0.3 is 14.9 Å². The summed E-state index contributed by atoms with van der Waals surface area (Å²) in [5, 5.41) is 20.4. The van der Waals surface area contributed by atoms with Crippen LogP contribution in [-0.2, 0) is 4.79 Å². The molecule has 2 N–H and O–H groups in total. The van der Waals surface area contributed by atoms with Crippen LogP contribution < -0.4 is 4.74 Å². The second-order valence-corrected chi connectivity index (χ2v) is 8.49. The highest BCUT2D eigenvalue weighted by atomic mass is 127. The van der Waals surface area contributed by atoms with E-state index in [0.717, 1.165) is 18.9 Å². The highest BCUT2D eigenvalue weighted by molar-refractivity contribution is 14.1. The summed E-state index contributed by atoms with van der Waals surface area (Å²) in [6, 6.07) is 8.40. The molecule has 4 nitrogen and oxygen atoms in total. The van der Waals surface area contributed by atoms with Crippen LogP contribution in [0.4, 0.5) is 8.78 Å². The van der Waals surface area contributed by atoms with E-state index in [4.69, 9.17) is 4.74 Å². The number of hydrogen-bond donors (Lipinski definition) is 2. The van der Waals surface area contributed by atoms with E-state index in [1.807, 2.05) is 12.2 Å². The first kappa shape index (κ1) is 24.0. The number of para-hydroxylation sites is 1. The molecule has 0 bridgehead atoms. The van der Waals surface area contributed by atoms with Crippen molar-refractivity contribution in [3.05, 3.63) is 54.6 Å². The minimum Gasteiger partial charge on any atom is -0.487 e. The molecule has 0 radical (unpaired) electrons. The number of aliphatic hydroxyl groups excluding tert-OH is 2. The van der Waals surface area contributed by atoms with E-state index in [1.165, 1.54) is 6.08 Å². The normalized spacial score (nSPS) is 25.1. The van der Waals surface area contributed by atoms with E-state index < -0.39 is 30.7 Å². The Morgan fingerprint density at radius 2 is 1.93 bits per heavy atom. The number of allylic oxidation sites excluding steroid dienone is 2. The van der Waals surface area contributed by atoms with E-state index in [0.29, 0.717) is 18.6 Å². The predicted octanol–water partition coefficient (Wildman–Crippen LogP) is 4.69. The number of benzene rings is 1. The molecule has 1 aromatic rings. The Balaban J connectivity index is 1.89. The molecule has 7 heteroatoms. The summed E-state index contributed by atoms with van der Waals surface area (Å²) in [6.45, 7) is -0.793. The topological polar surface area (TPSA) is 66.8 Å². The molecule has 0 amide bonds. The molecule has 0 aliphatic heterocycles. The van der Waals surface area contributed by atoms with Gasteiger partial charge in [-0.1, -0.05) is 36.4 Å². The van der Waals surface area contributed by atoms with Gasteiger partial charge in [-0.05, 0) is 66.0 Å². The molecule has 29 heavy (non-hydrogen) atoms. The number of alkyl halides is 2. The molecular formula is C22H27F2IO4. The lowest BCUT2D eigenvalue weighted by Crippen LogP contribution is -2.25. The SMILES string of the molecule is O=C(I)CCC/C=C/C[C@@H]1[C@@H](/C=C/C(F)(F)COc2ccccc2)[C@H](O)C[C@@H]1O. The highest BCUT2D eigenvalue weighted by Gasteiger charge is 2.40. The second-order valence-electron chi connectivity index (χ2n) is 7.29. The molecule has 0 aromatic heterocycles. The molecule has 0 spiro atoms. The molecule has 2 rings (SSSR count). The Kier molecular flexibility index (Phi) is 9.71. The minimum atomic E-state index is -3.19. The van der Waals surface area contributed by atoms with Crippen molar-refractivity contribution >= 4 is 26.4 Å². The Morgan fingerprint density at radius 1 is 1.21 bits per heavy atom. The Labute approximate surface area is 183 Å². The number of unbranched alkanes of at least 4 members (excludes halogenated alkanes) is 1. The molecule has 0 saturated heterocycles. The van der Waals surface area contributed by atoms with Crippen molar-refractivity contribution in [2.24, 2.45) is 11.8 Å². The second kappa shape index (κ2) is 11.8. The standard InChI is InChI=1S/C22H27F2IO4/c23-22(24,15-29-16-8-4-3-5-9-16)13-12-18-17(19(26)14-20(18)27)10-6-1-2-7-11-21(25)28/h1,3-6,8-9,12-13,17-20,26-27H,2,7,10-11,14-15H2/b6-1+,13-12+/t17-,18-,19+,20-/m1/s1. The third kappa shape index (κ3) is 8.52. The maximum absolute atomic E-state index is 14.2. The first-order valence-electron chi connectivity index (χ1n) is 9.73. The first-order chi connectivity index (χ1) is 13.8. The van der Waals surface area contributed by atoms with Crippen LogP contribution >= 0.6 is 22.6 Å². The lowest BCUT2D eigenvalue weighted by molar-refractivity contribution is -0.109. The van der Waals surface area contributed by atoms with E-state index in [9.17, 15) is 23.8 Å². The van der Waals surface area contributed by atoms with Crippen molar-refractivity contribution in [2.75, 3.05) is 6.61 Å². The molecule has 1 saturated carbocycles. The van der Waals surface area contributed by atoms with Crippen molar-refractivity contribution in [1.29, 1.82) is 0 Å². The van der Waals surface area contributed by atoms with Gasteiger partial charge in [0.15, 0.2) is 10.4 Å². The van der Waals surface area contributed by atoms with Crippen molar-refractivity contribution in [3.8, 4) is 5.75 Å². The lowest BCUT2D eigenvalue weighted by Gasteiger charge is -2.20. The van der Waals surface area contributed by atoms with Gasteiger partial charge in [0.2, 0.25) is 0 Å². The van der Waals surface area contributed by atoms with Gasteiger partial charge in [-0.15, -0.1) is 0 Å². The van der Waals surface area contributed by atoms with Gasteiger partial charge in [0.25, 0.3) is 5.92 Å². The van der Waals surface area contributed by atoms with Gasteiger partial charge >= 0.3 is 0 Å². The summed E-state index contributed by atoms with van der Waals surface area (Å²) in [4.78, 5) is 10.9. The third-order valence-corrected chi connectivity index (χ3v) is 5.51. The molecule has 1 aromatic carbocycles. The van der Waals surface area contributed by atoms with Crippen LogP contribution in [-0.4, -0.2) is 38.7 Å². The van der Waals surface area contributed by atoms with Crippen LogP contribution in [0.25, 0.3) is 0 Å². The number of carbonyl (C=O) groups excluding carboxylic acids is 1. The monoisotopic (exact) mass is 520 g/mol. The zero-order valence-corrected chi connectivity index (χ0v) is 18.3. The fourth-order valence-electron chi connectivity index (χ4n) is 3.43. The molecule has 0 unspecified atom stereocenters. The number of rotatable bonds is 11. The van der Waals surface area contributed by atoms with E-state index in [-0.39, 0.29) is 16.1 Å². The van der Waals surface area contributed by atoms with Crippen LogP contribution in [0.5, 0.6) is 5.75 Å². The average molecular weight is 520 g/mol. The summed E-state index contributed by atoms with van der Waals surface area (Å²) in [5.74, 6) is -3.69. The maximum Gasteiger partial charge on any atom is 0.299 e. The van der Waals surface area contributed by atoms with Crippen LogP contribution in [0.15, 0.2) is 54.6 Å². The van der Waals surface area contributed by atoms with Gasteiger partial charge in [-0.25, -0.2) is 0 Å². The van der Waals surface area contributed by atoms with Crippen LogP contribution in [0.1, 0.15) is 32.1 Å². The molecule has 1 aliphatic carbocycles. The van der Waals surface area contributed by atoms with Gasteiger partial charge in [-0.2, -0.15) is 8.78 Å². The average Bonchev–Trinajstić information content (AvgIpc) is 2.94. The predicted molar refractivity (Wildman–Crippen MR) is 116 cm³/mol. The van der Waals surface area contributed by atoms with Crippen molar-refractivity contribution < 1.29 is 28.5 Å². The Hall–Kier alpha value is -1.32. The molecule has 1 fully saturated rings. The highest BCUT2D eigenvalue weighted by Crippen LogP contribution is 2.37. The van der Waals surface area contributed by atoms with E-state index in [1.54, 1.807) is 52.9 Å². The van der Waals surface area contributed by atoms with E-state index in [2.05, 4.69) is 0 Å². The van der Waals surface area contributed by atoms with Crippen molar-refractivity contribution in [1.82, 2.24) is 0 Å². The fourth-order valence-corrected chi connectivity index (χ4v) is 3.81. The summed E-state index contributed by atoms with van der Waals surface area (Å²) in [7, 11) is 0. The quantitative estimate of drug-likeness (QED) is 0.192. The number of hydrogen-bond acceptors (Lipinski definition) is 4. The largest absolute Gasteiger partial charge is 0.487 e. The number of ether oxygens (including phenoxy) is 1.